The summed E-state index contributed by atoms with van der Waals surface area (Å²) in [7, 11) is 3.18. The molecule has 0 saturated carbocycles. The van der Waals surface area contributed by atoms with Crippen LogP contribution >= 0.6 is 12.2 Å². The average Bonchev–Trinajstić information content (AvgIpc) is 2.72. The van der Waals surface area contributed by atoms with Gasteiger partial charge in [-0.3, -0.25) is 9.78 Å². The van der Waals surface area contributed by atoms with Gasteiger partial charge >= 0.3 is 0 Å². The second kappa shape index (κ2) is 7.36. The lowest BCUT2D eigenvalue weighted by atomic mass is 9.87. The number of benzene rings is 2. The molecule has 1 aliphatic heterocycles. The molecule has 3 N–H and O–H groups in total. The summed E-state index contributed by atoms with van der Waals surface area (Å²) in [6.07, 6.45) is 2.01. The van der Waals surface area contributed by atoms with Gasteiger partial charge in [-0.2, -0.15) is 0 Å². The summed E-state index contributed by atoms with van der Waals surface area (Å²) in [5.41, 5.74) is 3.00. The molecular weight excluding hydrogens is 374 g/mol. The number of para-hydroxylation sites is 1. The van der Waals surface area contributed by atoms with Crippen LogP contribution in [0, 0.1) is 4.77 Å². The van der Waals surface area contributed by atoms with Crippen molar-refractivity contribution < 1.29 is 9.47 Å². The SMILES string of the molecule is COc1cccc(C2C=C(c3ccccc3)Nc3[nH]c(=S)[nH]c(=O)c32)c1OC. The number of allylic oxidation sites excluding steroid dienone is 1. The maximum Gasteiger partial charge on any atom is 0.257 e. The van der Waals surface area contributed by atoms with Crippen molar-refractivity contribution in [2.24, 2.45) is 0 Å². The van der Waals surface area contributed by atoms with Crippen LogP contribution in [-0.2, 0) is 0 Å². The number of aromatic nitrogens is 2. The fourth-order valence-corrected chi connectivity index (χ4v) is 3.70. The Balaban J connectivity index is 1.98. The molecule has 0 bridgehead atoms. The number of rotatable bonds is 4. The summed E-state index contributed by atoms with van der Waals surface area (Å²) >= 11 is 5.17. The highest BCUT2D eigenvalue weighted by atomic mass is 32.1. The van der Waals surface area contributed by atoms with E-state index in [0.29, 0.717) is 22.9 Å². The first-order valence-corrected chi connectivity index (χ1v) is 9.15. The zero-order valence-electron chi connectivity index (χ0n) is 15.4. The van der Waals surface area contributed by atoms with Gasteiger partial charge in [-0.05, 0) is 29.9 Å². The van der Waals surface area contributed by atoms with Crippen molar-refractivity contribution in [3.63, 3.8) is 0 Å². The van der Waals surface area contributed by atoms with Crippen molar-refractivity contribution in [1.82, 2.24) is 9.97 Å². The van der Waals surface area contributed by atoms with E-state index in [1.165, 1.54) is 0 Å². The lowest BCUT2D eigenvalue weighted by molar-refractivity contribution is 0.351. The van der Waals surface area contributed by atoms with Gasteiger partial charge in [0, 0.05) is 17.2 Å². The topological polar surface area (TPSA) is 79.1 Å². The van der Waals surface area contributed by atoms with Crippen LogP contribution in [0.2, 0.25) is 0 Å². The quantitative estimate of drug-likeness (QED) is 0.583. The van der Waals surface area contributed by atoms with Crippen LogP contribution in [0.15, 0.2) is 59.4 Å². The van der Waals surface area contributed by atoms with E-state index < -0.39 is 0 Å². The van der Waals surface area contributed by atoms with E-state index in [4.69, 9.17) is 21.7 Å². The Morgan fingerprint density at radius 1 is 0.964 bits per heavy atom. The minimum atomic E-state index is -0.355. The number of H-pyrrole nitrogens is 2. The zero-order chi connectivity index (χ0) is 19.7. The number of nitrogens with one attached hydrogen (secondary N) is 3. The van der Waals surface area contributed by atoms with Crippen LogP contribution in [0.4, 0.5) is 5.82 Å². The first-order valence-electron chi connectivity index (χ1n) is 8.74. The Bertz CT molecular complexity index is 1170. The molecule has 0 amide bonds. The minimum absolute atomic E-state index is 0.246. The van der Waals surface area contributed by atoms with Crippen LogP contribution in [0.5, 0.6) is 11.5 Å². The van der Waals surface area contributed by atoms with E-state index in [2.05, 4.69) is 15.3 Å². The van der Waals surface area contributed by atoms with Gasteiger partial charge in [0.15, 0.2) is 16.3 Å². The first kappa shape index (κ1) is 18.1. The maximum absolute atomic E-state index is 12.8. The molecule has 1 aliphatic rings. The molecule has 0 fully saturated rings. The Labute approximate surface area is 166 Å². The summed E-state index contributed by atoms with van der Waals surface area (Å²) < 4.78 is 11.3. The molecule has 1 unspecified atom stereocenters. The molecule has 0 spiro atoms. The van der Waals surface area contributed by atoms with Crippen LogP contribution in [-0.4, -0.2) is 24.2 Å². The van der Waals surface area contributed by atoms with Crippen LogP contribution in [0.1, 0.15) is 22.6 Å². The van der Waals surface area contributed by atoms with Crippen LogP contribution < -0.4 is 20.3 Å². The number of fused-ring (bicyclic) bond motifs is 1. The summed E-state index contributed by atoms with van der Waals surface area (Å²) in [5, 5.41) is 3.31. The molecule has 2 aromatic carbocycles. The van der Waals surface area contributed by atoms with Gasteiger partial charge in [-0.25, -0.2) is 0 Å². The van der Waals surface area contributed by atoms with E-state index in [9.17, 15) is 4.79 Å². The number of aromatic amines is 2. The molecule has 3 aromatic rings. The third-order valence-electron chi connectivity index (χ3n) is 4.74. The van der Waals surface area contributed by atoms with Crippen molar-refractivity contribution in [2.45, 2.75) is 5.92 Å². The third-order valence-corrected chi connectivity index (χ3v) is 4.94. The highest BCUT2D eigenvalue weighted by Gasteiger charge is 2.29. The first-order chi connectivity index (χ1) is 13.6. The van der Waals surface area contributed by atoms with Crippen molar-refractivity contribution in [3.8, 4) is 11.5 Å². The van der Waals surface area contributed by atoms with Gasteiger partial charge in [0.1, 0.15) is 5.82 Å². The van der Waals surface area contributed by atoms with Crippen molar-refractivity contribution in [1.29, 1.82) is 0 Å². The fraction of sp³-hybridized carbons (Fsp3) is 0.143. The van der Waals surface area contributed by atoms with Crippen molar-refractivity contribution in [3.05, 3.63) is 86.4 Å². The Kier molecular flexibility index (Phi) is 4.75. The zero-order valence-corrected chi connectivity index (χ0v) is 16.2. The molecule has 0 radical (unpaired) electrons. The molecule has 4 rings (SSSR count). The maximum atomic E-state index is 12.8. The third kappa shape index (κ3) is 3.10. The largest absolute Gasteiger partial charge is 0.493 e. The Hall–Kier alpha value is -3.32. The van der Waals surface area contributed by atoms with E-state index >= 15 is 0 Å². The van der Waals surface area contributed by atoms with Crippen LogP contribution in [0.3, 0.4) is 0 Å². The van der Waals surface area contributed by atoms with Crippen molar-refractivity contribution in [2.75, 3.05) is 19.5 Å². The summed E-state index contributed by atoms with van der Waals surface area (Å²) in [5.74, 6) is 1.42. The van der Waals surface area contributed by atoms with Crippen LogP contribution in [0.25, 0.3) is 5.70 Å². The average molecular weight is 393 g/mol. The monoisotopic (exact) mass is 393 g/mol. The molecule has 28 heavy (non-hydrogen) atoms. The molecule has 1 atom stereocenters. The summed E-state index contributed by atoms with van der Waals surface area (Å²) in [4.78, 5) is 18.5. The Morgan fingerprint density at radius 2 is 1.75 bits per heavy atom. The molecule has 6 nitrogen and oxygen atoms in total. The molecule has 142 valence electrons. The van der Waals surface area contributed by atoms with E-state index in [-0.39, 0.29) is 16.2 Å². The molecule has 7 heteroatoms. The summed E-state index contributed by atoms with van der Waals surface area (Å²) in [6.45, 7) is 0. The molecule has 0 aliphatic carbocycles. The van der Waals surface area contributed by atoms with Gasteiger partial charge in [-0.1, -0.05) is 42.5 Å². The van der Waals surface area contributed by atoms with Gasteiger partial charge in [-0.15, -0.1) is 0 Å². The molecule has 1 aromatic heterocycles. The number of anilines is 1. The molecule has 0 saturated heterocycles. The van der Waals surface area contributed by atoms with E-state index in [1.807, 2.05) is 54.6 Å². The second-order valence-corrected chi connectivity index (χ2v) is 6.74. The van der Waals surface area contributed by atoms with Gasteiger partial charge in [0.25, 0.3) is 5.56 Å². The summed E-state index contributed by atoms with van der Waals surface area (Å²) in [6, 6.07) is 15.5. The fourth-order valence-electron chi connectivity index (χ4n) is 3.51. The lowest BCUT2D eigenvalue weighted by Gasteiger charge is -2.27. The van der Waals surface area contributed by atoms with Gasteiger partial charge < -0.3 is 19.8 Å². The smallest absolute Gasteiger partial charge is 0.257 e. The standard InChI is InChI=1S/C21H19N3O3S/c1-26-16-10-6-9-13(18(16)27-2)14-11-15(12-7-4-3-5-8-12)22-19-17(14)20(25)24-21(28)23-19/h3-11,14H,1-2H3,(H3,22,23,24,25,28). The highest BCUT2D eigenvalue weighted by molar-refractivity contribution is 7.71. The molecular formula is C21H19N3O3S. The number of ether oxygens (including phenoxy) is 2. The minimum Gasteiger partial charge on any atom is -0.493 e. The van der Waals surface area contributed by atoms with E-state index in [0.717, 1.165) is 16.8 Å². The number of hydrogen-bond acceptors (Lipinski definition) is 5. The highest BCUT2D eigenvalue weighted by Crippen LogP contribution is 2.42. The van der Waals surface area contributed by atoms with Crippen molar-refractivity contribution >= 4 is 23.7 Å². The van der Waals surface area contributed by atoms with Gasteiger partial charge in [0.05, 0.1) is 19.8 Å². The molecule has 2 heterocycles. The number of hydrogen-bond donors (Lipinski definition) is 3. The lowest BCUT2D eigenvalue weighted by Crippen LogP contribution is -2.25. The van der Waals surface area contributed by atoms with E-state index in [1.54, 1.807) is 14.2 Å². The normalized spacial score (nSPS) is 15.2. The predicted molar refractivity (Wildman–Crippen MR) is 112 cm³/mol. The second-order valence-electron chi connectivity index (χ2n) is 6.33. The van der Waals surface area contributed by atoms with Gasteiger partial charge in [0.2, 0.25) is 0 Å². The predicted octanol–water partition coefficient (Wildman–Crippen LogP) is 4.05. The number of methoxy groups -OCH3 is 2. The Morgan fingerprint density at radius 3 is 2.46 bits per heavy atom.